The molecule has 0 fully saturated rings. The molecule has 1 rings (SSSR count). The van der Waals surface area contributed by atoms with Crippen LogP contribution >= 0.6 is 0 Å². The minimum absolute atomic E-state index is 0.0567. The van der Waals surface area contributed by atoms with E-state index < -0.39 is 11.8 Å². The molecule has 0 saturated heterocycles. The molecule has 0 bridgehead atoms. The molecule has 0 aromatic heterocycles. The fraction of sp³-hybridized carbons (Fsp3) is 0.619. The van der Waals surface area contributed by atoms with Crippen molar-refractivity contribution < 1.29 is 23.5 Å². The predicted octanol–water partition coefficient (Wildman–Crippen LogP) is 5.59. The third-order valence-corrected chi connectivity index (χ3v) is 4.08. The molecule has 5 heteroatoms. The van der Waals surface area contributed by atoms with Crippen molar-refractivity contribution in [3.05, 3.63) is 30.1 Å². The Morgan fingerprint density at radius 2 is 1.46 bits per heavy atom. The van der Waals surface area contributed by atoms with E-state index in [-0.39, 0.29) is 24.6 Å². The van der Waals surface area contributed by atoms with E-state index in [1.165, 1.54) is 56.7 Å². The van der Waals surface area contributed by atoms with Gasteiger partial charge in [0.15, 0.2) is 11.6 Å². The summed E-state index contributed by atoms with van der Waals surface area (Å²) in [5.41, 5.74) is 0. The lowest BCUT2D eigenvalue weighted by Gasteiger charge is -2.06. The van der Waals surface area contributed by atoms with Crippen LogP contribution in [-0.2, 0) is 14.3 Å². The van der Waals surface area contributed by atoms with Gasteiger partial charge in [0, 0.05) is 12.8 Å². The van der Waals surface area contributed by atoms with Crippen LogP contribution in [0.3, 0.4) is 0 Å². The molecule has 1 aromatic rings. The van der Waals surface area contributed by atoms with Gasteiger partial charge in [0.25, 0.3) is 0 Å². The second-order valence-corrected chi connectivity index (χ2v) is 6.45. The largest absolute Gasteiger partial charge is 0.466 e. The summed E-state index contributed by atoms with van der Waals surface area (Å²) in [5.74, 6) is -1.52. The maximum Gasteiger partial charge on any atom is 0.311 e. The number of hydrogen-bond donors (Lipinski definition) is 0. The molecular weight excluding hydrogens is 335 g/mol. The second kappa shape index (κ2) is 14.3. The number of esters is 2. The van der Waals surface area contributed by atoms with Crippen molar-refractivity contribution in [3.63, 3.8) is 0 Å². The topological polar surface area (TPSA) is 52.6 Å². The normalized spacial score (nSPS) is 10.5. The zero-order valence-electron chi connectivity index (χ0n) is 15.8. The van der Waals surface area contributed by atoms with E-state index in [9.17, 15) is 14.0 Å². The van der Waals surface area contributed by atoms with Crippen molar-refractivity contribution in [1.29, 1.82) is 0 Å². The summed E-state index contributed by atoms with van der Waals surface area (Å²) in [6.45, 7) is 2.65. The summed E-state index contributed by atoms with van der Waals surface area (Å²) >= 11 is 0. The summed E-state index contributed by atoms with van der Waals surface area (Å²) in [6.07, 6.45) is 10.1. The summed E-state index contributed by atoms with van der Waals surface area (Å²) in [4.78, 5) is 23.2. The standard InChI is InChI=1S/C21H31FO4/c1-2-3-4-5-6-7-8-11-17-25-20(23)15-12-16-21(24)26-19-14-10-9-13-18(19)22/h9-10,13-14H,2-8,11-12,15-17H2,1H3. The second-order valence-electron chi connectivity index (χ2n) is 6.45. The number of carbonyl (C=O) groups excluding carboxylic acids is 2. The Hall–Kier alpha value is -1.91. The number of rotatable bonds is 14. The molecule has 0 radical (unpaired) electrons. The van der Waals surface area contributed by atoms with Crippen LogP contribution in [0.1, 0.15) is 77.6 Å². The Labute approximate surface area is 156 Å². The van der Waals surface area contributed by atoms with Gasteiger partial charge in [-0.25, -0.2) is 4.39 Å². The number of para-hydroxylation sites is 1. The van der Waals surface area contributed by atoms with Crippen molar-refractivity contribution >= 4 is 11.9 Å². The number of hydrogen-bond acceptors (Lipinski definition) is 4. The van der Waals surface area contributed by atoms with E-state index in [1.807, 2.05) is 0 Å². The molecule has 0 aliphatic rings. The van der Waals surface area contributed by atoms with E-state index in [4.69, 9.17) is 9.47 Å². The summed E-state index contributed by atoms with van der Waals surface area (Å²) < 4.78 is 23.4. The highest BCUT2D eigenvalue weighted by atomic mass is 19.1. The lowest BCUT2D eigenvalue weighted by Crippen LogP contribution is -2.11. The maximum atomic E-state index is 13.4. The van der Waals surface area contributed by atoms with Crippen LogP contribution in [-0.4, -0.2) is 18.5 Å². The minimum Gasteiger partial charge on any atom is -0.466 e. The van der Waals surface area contributed by atoms with Gasteiger partial charge in [-0.1, -0.05) is 64.0 Å². The summed E-state index contributed by atoms with van der Waals surface area (Å²) in [7, 11) is 0. The van der Waals surface area contributed by atoms with E-state index in [0.29, 0.717) is 13.0 Å². The van der Waals surface area contributed by atoms with Crippen molar-refractivity contribution in [2.45, 2.75) is 77.6 Å². The molecule has 0 N–H and O–H groups in total. The van der Waals surface area contributed by atoms with E-state index in [1.54, 1.807) is 6.07 Å². The number of halogens is 1. The van der Waals surface area contributed by atoms with E-state index in [0.717, 1.165) is 12.8 Å². The molecule has 0 saturated carbocycles. The fourth-order valence-electron chi connectivity index (χ4n) is 2.57. The van der Waals surface area contributed by atoms with Gasteiger partial charge in [-0.05, 0) is 25.0 Å². The average molecular weight is 366 g/mol. The number of unbranched alkanes of at least 4 members (excludes halogenated alkanes) is 7. The first-order chi connectivity index (χ1) is 12.6. The van der Waals surface area contributed by atoms with Gasteiger partial charge in [0.05, 0.1) is 6.61 Å². The Balaban J connectivity index is 1.98. The van der Waals surface area contributed by atoms with Crippen molar-refractivity contribution in [2.24, 2.45) is 0 Å². The number of benzene rings is 1. The van der Waals surface area contributed by atoms with Crippen LogP contribution in [0.2, 0.25) is 0 Å². The molecule has 0 amide bonds. The number of carbonyl (C=O) groups is 2. The minimum atomic E-state index is -0.578. The molecule has 0 heterocycles. The molecule has 0 unspecified atom stereocenters. The van der Waals surface area contributed by atoms with Crippen molar-refractivity contribution in [1.82, 2.24) is 0 Å². The molecule has 0 spiro atoms. The zero-order valence-corrected chi connectivity index (χ0v) is 15.8. The van der Waals surface area contributed by atoms with Gasteiger partial charge in [0.2, 0.25) is 0 Å². The average Bonchev–Trinajstić information content (AvgIpc) is 2.62. The first-order valence-electron chi connectivity index (χ1n) is 9.74. The van der Waals surface area contributed by atoms with Crippen LogP contribution in [0.4, 0.5) is 4.39 Å². The van der Waals surface area contributed by atoms with Crippen LogP contribution in [0.15, 0.2) is 24.3 Å². The Bertz CT molecular complexity index is 530. The summed E-state index contributed by atoms with van der Waals surface area (Å²) in [5, 5.41) is 0. The lowest BCUT2D eigenvalue weighted by atomic mass is 10.1. The first kappa shape index (κ1) is 22.1. The molecule has 26 heavy (non-hydrogen) atoms. The van der Waals surface area contributed by atoms with Gasteiger partial charge in [-0.2, -0.15) is 0 Å². The molecule has 146 valence electrons. The molecule has 4 nitrogen and oxygen atoms in total. The predicted molar refractivity (Wildman–Crippen MR) is 99.5 cm³/mol. The molecular formula is C21H31FO4. The SMILES string of the molecule is CCCCCCCCCCOC(=O)CCCC(=O)Oc1ccccc1F. The van der Waals surface area contributed by atoms with Crippen LogP contribution in [0, 0.1) is 5.82 Å². The lowest BCUT2D eigenvalue weighted by molar-refractivity contribution is -0.144. The number of ether oxygens (including phenoxy) is 2. The third-order valence-electron chi connectivity index (χ3n) is 4.08. The van der Waals surface area contributed by atoms with E-state index >= 15 is 0 Å². The van der Waals surface area contributed by atoms with Gasteiger partial charge in [-0.3, -0.25) is 9.59 Å². The van der Waals surface area contributed by atoms with Crippen molar-refractivity contribution in [3.8, 4) is 5.75 Å². The Kier molecular flexibility index (Phi) is 12.2. The highest BCUT2D eigenvalue weighted by Crippen LogP contribution is 2.16. The summed E-state index contributed by atoms with van der Waals surface area (Å²) in [6, 6.07) is 5.74. The van der Waals surface area contributed by atoms with Gasteiger partial charge in [-0.15, -0.1) is 0 Å². The van der Waals surface area contributed by atoms with E-state index in [2.05, 4.69) is 6.92 Å². The Morgan fingerprint density at radius 1 is 0.846 bits per heavy atom. The highest BCUT2D eigenvalue weighted by molar-refractivity contribution is 5.74. The van der Waals surface area contributed by atoms with Gasteiger partial charge in [0.1, 0.15) is 0 Å². The van der Waals surface area contributed by atoms with Crippen LogP contribution in [0.25, 0.3) is 0 Å². The van der Waals surface area contributed by atoms with Crippen molar-refractivity contribution in [2.75, 3.05) is 6.61 Å². The highest BCUT2D eigenvalue weighted by Gasteiger charge is 2.10. The van der Waals surface area contributed by atoms with Gasteiger partial charge >= 0.3 is 11.9 Å². The Morgan fingerprint density at radius 3 is 2.15 bits per heavy atom. The molecule has 0 atom stereocenters. The van der Waals surface area contributed by atoms with Crippen LogP contribution in [0.5, 0.6) is 5.75 Å². The molecule has 0 aliphatic heterocycles. The maximum absolute atomic E-state index is 13.4. The molecule has 1 aromatic carbocycles. The third kappa shape index (κ3) is 10.9. The fourth-order valence-corrected chi connectivity index (χ4v) is 2.57. The van der Waals surface area contributed by atoms with Gasteiger partial charge < -0.3 is 9.47 Å². The monoisotopic (exact) mass is 366 g/mol. The smallest absolute Gasteiger partial charge is 0.311 e. The zero-order chi connectivity index (χ0) is 19.0. The van der Waals surface area contributed by atoms with Crippen LogP contribution < -0.4 is 4.74 Å². The molecule has 0 aliphatic carbocycles. The first-order valence-corrected chi connectivity index (χ1v) is 9.74. The quantitative estimate of drug-likeness (QED) is 0.245.